The van der Waals surface area contributed by atoms with Gasteiger partial charge in [-0.05, 0) is 32.3 Å². The number of benzene rings is 1. The summed E-state index contributed by atoms with van der Waals surface area (Å²) in [5.41, 5.74) is 1.09. The van der Waals surface area contributed by atoms with Crippen molar-refractivity contribution >= 4 is 24.8 Å². The molecule has 1 aliphatic rings. The highest BCUT2D eigenvalue weighted by Crippen LogP contribution is 2.37. The van der Waals surface area contributed by atoms with Crippen molar-refractivity contribution in [1.29, 1.82) is 0 Å². The van der Waals surface area contributed by atoms with Gasteiger partial charge in [0.2, 0.25) is 0 Å². The molecule has 0 aromatic heterocycles. The number of carbonyl (C=O) groups is 1. The zero-order valence-electron chi connectivity index (χ0n) is 15.8. The Morgan fingerprint density at radius 1 is 1.48 bits per heavy atom. The van der Waals surface area contributed by atoms with E-state index in [0.29, 0.717) is 28.3 Å². The molecule has 0 radical (unpaired) electrons. The van der Waals surface area contributed by atoms with Crippen molar-refractivity contribution in [3.63, 3.8) is 0 Å². The minimum atomic E-state index is -1.20. The number of esters is 1. The van der Waals surface area contributed by atoms with Crippen LogP contribution in [0.1, 0.15) is 38.9 Å². The number of hydrogen-bond acceptors (Lipinski definition) is 7. The van der Waals surface area contributed by atoms with Crippen LogP contribution >= 0.6 is 0 Å². The van der Waals surface area contributed by atoms with Gasteiger partial charge in [0.15, 0.2) is 0 Å². The van der Waals surface area contributed by atoms with Crippen molar-refractivity contribution in [3.8, 4) is 11.5 Å². The Labute approximate surface area is 159 Å². The lowest BCUT2D eigenvalue weighted by molar-refractivity contribution is -0.145. The molecule has 1 atom stereocenters. The summed E-state index contributed by atoms with van der Waals surface area (Å²) in [6.07, 6.45) is 1.96. The lowest BCUT2D eigenvalue weighted by atomic mass is 9.78. The zero-order chi connectivity index (χ0) is 20.0. The van der Waals surface area contributed by atoms with E-state index in [1.165, 1.54) is 12.4 Å². The Hall–Kier alpha value is -2.58. The van der Waals surface area contributed by atoms with Crippen LogP contribution in [0.2, 0.25) is 0 Å². The highest BCUT2D eigenvalue weighted by molar-refractivity contribution is 6.62. The van der Waals surface area contributed by atoms with Crippen molar-refractivity contribution in [2.45, 2.75) is 39.4 Å². The van der Waals surface area contributed by atoms with Gasteiger partial charge in [-0.25, -0.2) is 0 Å². The topological polar surface area (TPSA) is 86.6 Å². The highest BCUT2D eigenvalue weighted by atomic mass is 16.6. The van der Waals surface area contributed by atoms with E-state index in [0.717, 1.165) is 0 Å². The molecule has 0 amide bonds. The first-order chi connectivity index (χ1) is 12.8. The monoisotopic (exact) mass is 373 g/mol. The molecule has 0 aliphatic carbocycles. The van der Waals surface area contributed by atoms with Crippen LogP contribution in [0.4, 0.5) is 0 Å². The third-order valence-corrected chi connectivity index (χ3v) is 3.62. The predicted molar refractivity (Wildman–Crippen MR) is 103 cm³/mol. The third-order valence-electron chi connectivity index (χ3n) is 3.62. The fourth-order valence-corrected chi connectivity index (χ4v) is 2.71. The molecule has 1 N–H and O–H groups in total. The van der Waals surface area contributed by atoms with E-state index >= 15 is 0 Å². The molecule has 1 aromatic carbocycles. The molecule has 0 bridgehead atoms. The molecule has 1 unspecified atom stereocenters. The molecular weight excluding hydrogens is 349 g/mol. The van der Waals surface area contributed by atoms with E-state index in [9.17, 15) is 9.82 Å². The maximum Gasteiger partial charge on any atom is 0.492 e. The van der Waals surface area contributed by atoms with E-state index in [1.54, 1.807) is 19.1 Å². The minimum absolute atomic E-state index is 0.0226. The first-order valence-corrected chi connectivity index (χ1v) is 8.70. The van der Waals surface area contributed by atoms with Crippen LogP contribution in [-0.2, 0) is 14.2 Å². The van der Waals surface area contributed by atoms with Crippen LogP contribution in [0.25, 0.3) is 0 Å². The molecule has 0 saturated heterocycles. The maximum atomic E-state index is 11.9. The third kappa shape index (κ3) is 5.45. The number of hydrogen-bond donors (Lipinski definition) is 1. The van der Waals surface area contributed by atoms with Crippen molar-refractivity contribution in [3.05, 3.63) is 42.8 Å². The summed E-state index contributed by atoms with van der Waals surface area (Å²) in [6, 6.07) is 3.30. The van der Waals surface area contributed by atoms with Crippen LogP contribution in [-0.4, -0.2) is 37.0 Å². The molecule has 8 heteroatoms. The molecule has 27 heavy (non-hydrogen) atoms. The van der Waals surface area contributed by atoms with E-state index in [4.69, 9.17) is 18.9 Å². The Morgan fingerprint density at radius 2 is 2.22 bits per heavy atom. The Kier molecular flexibility index (Phi) is 7.21. The largest absolute Gasteiger partial charge is 0.492 e. The standard InChI is InChI=1S/C19H24BNO6/c1-6-21-11-13(5)26-14-8-15-19(16(9-14)25-12(3)4)17(27-20(15)23)10-18(22)24-7-2/h6,8-9,11-12,17,23H,1,5,7,10H2,2-4H3. The summed E-state index contributed by atoms with van der Waals surface area (Å²) in [6.45, 7) is 13.0. The van der Waals surface area contributed by atoms with Crippen molar-refractivity contribution in [2.24, 2.45) is 4.99 Å². The molecule has 1 aliphatic heterocycles. The van der Waals surface area contributed by atoms with Crippen LogP contribution in [0, 0.1) is 0 Å². The normalized spacial score (nSPS) is 15.7. The maximum absolute atomic E-state index is 11.9. The number of allylic oxidation sites excluding steroid dienone is 1. The van der Waals surface area contributed by atoms with Crippen molar-refractivity contribution < 1.29 is 28.7 Å². The first kappa shape index (κ1) is 20.7. The number of carbonyl (C=O) groups excluding carboxylic acids is 1. The van der Waals surface area contributed by atoms with Gasteiger partial charge in [-0.3, -0.25) is 9.79 Å². The van der Waals surface area contributed by atoms with E-state index in [-0.39, 0.29) is 19.1 Å². The second-order valence-electron chi connectivity index (χ2n) is 6.11. The highest BCUT2D eigenvalue weighted by Gasteiger charge is 2.40. The Balaban J connectivity index is 2.37. The van der Waals surface area contributed by atoms with Gasteiger partial charge in [-0.2, -0.15) is 0 Å². The van der Waals surface area contributed by atoms with Crippen LogP contribution in [0.5, 0.6) is 11.5 Å². The fourth-order valence-electron chi connectivity index (χ4n) is 2.71. The number of rotatable bonds is 9. The smallest absolute Gasteiger partial charge is 0.491 e. The van der Waals surface area contributed by atoms with E-state index in [2.05, 4.69) is 18.2 Å². The first-order valence-electron chi connectivity index (χ1n) is 8.70. The summed E-state index contributed by atoms with van der Waals surface area (Å²) in [5, 5.41) is 10.3. The number of fused-ring (bicyclic) bond motifs is 1. The number of nitrogens with zero attached hydrogens (tertiary/aromatic N) is 1. The van der Waals surface area contributed by atoms with Crippen LogP contribution < -0.4 is 14.9 Å². The van der Waals surface area contributed by atoms with Crippen LogP contribution in [0.3, 0.4) is 0 Å². The van der Waals surface area contributed by atoms with Gasteiger partial charge in [0, 0.05) is 17.8 Å². The number of aliphatic imine (C=N–C) groups is 1. The average molecular weight is 373 g/mol. The SMILES string of the molecule is C=CN=CC(=C)Oc1cc(OC(C)C)c2c(c1)B(O)OC2CC(=O)OCC. The summed E-state index contributed by atoms with van der Waals surface area (Å²) >= 11 is 0. The predicted octanol–water partition coefficient (Wildman–Crippen LogP) is 2.29. The lowest BCUT2D eigenvalue weighted by Crippen LogP contribution is -2.28. The second-order valence-corrected chi connectivity index (χ2v) is 6.11. The van der Waals surface area contributed by atoms with Gasteiger partial charge in [-0.15, -0.1) is 0 Å². The molecular formula is C19H24BNO6. The summed E-state index contributed by atoms with van der Waals surface area (Å²) < 4.78 is 22.1. The van der Waals surface area contributed by atoms with Crippen molar-refractivity contribution in [2.75, 3.05) is 6.61 Å². The molecule has 0 fully saturated rings. The summed E-state index contributed by atoms with van der Waals surface area (Å²) in [4.78, 5) is 15.7. The Bertz CT molecular complexity index is 746. The fraction of sp³-hybridized carbons (Fsp3) is 0.368. The van der Waals surface area contributed by atoms with Gasteiger partial charge >= 0.3 is 13.1 Å². The molecule has 2 rings (SSSR count). The van der Waals surface area contributed by atoms with Crippen molar-refractivity contribution in [1.82, 2.24) is 0 Å². The molecule has 0 spiro atoms. The number of ether oxygens (including phenoxy) is 3. The van der Waals surface area contributed by atoms with Gasteiger partial charge < -0.3 is 23.9 Å². The van der Waals surface area contributed by atoms with E-state index < -0.39 is 19.2 Å². The Morgan fingerprint density at radius 3 is 2.85 bits per heavy atom. The lowest BCUT2D eigenvalue weighted by Gasteiger charge is -2.19. The van der Waals surface area contributed by atoms with Gasteiger partial charge in [-0.1, -0.05) is 13.2 Å². The van der Waals surface area contributed by atoms with Gasteiger partial charge in [0.1, 0.15) is 17.3 Å². The molecule has 1 aromatic rings. The quantitative estimate of drug-likeness (QED) is 0.309. The molecule has 0 saturated carbocycles. The molecule has 144 valence electrons. The van der Waals surface area contributed by atoms with E-state index in [1.807, 2.05) is 13.8 Å². The average Bonchev–Trinajstić information content (AvgIpc) is 2.88. The second kappa shape index (κ2) is 9.39. The minimum Gasteiger partial charge on any atom is -0.491 e. The summed E-state index contributed by atoms with van der Waals surface area (Å²) in [5.74, 6) is 0.760. The summed E-state index contributed by atoms with van der Waals surface area (Å²) in [7, 11) is -1.20. The van der Waals surface area contributed by atoms with Gasteiger partial charge in [0.25, 0.3) is 0 Å². The molecule has 1 heterocycles. The zero-order valence-corrected chi connectivity index (χ0v) is 15.8. The van der Waals surface area contributed by atoms with Gasteiger partial charge in [0.05, 0.1) is 31.5 Å². The van der Waals surface area contributed by atoms with Crippen LogP contribution in [0.15, 0.2) is 42.2 Å². The molecule has 7 nitrogen and oxygen atoms in total.